The Hall–Kier alpha value is -3.74. The molecule has 2 heterocycles. The van der Waals surface area contributed by atoms with Gasteiger partial charge in [0.05, 0.1) is 17.6 Å². The van der Waals surface area contributed by atoms with Crippen LogP contribution in [0.1, 0.15) is 21.7 Å². The van der Waals surface area contributed by atoms with Crippen LogP contribution in [0.3, 0.4) is 0 Å². The number of benzene rings is 2. The molecule has 1 aliphatic rings. The van der Waals surface area contributed by atoms with Crippen molar-refractivity contribution in [2.45, 2.75) is 6.17 Å². The molecule has 0 bridgehead atoms. The Bertz CT molecular complexity index is 981. The number of carbonyl (C=O) groups is 2. The summed E-state index contributed by atoms with van der Waals surface area (Å²) in [4.78, 5) is 29.4. The van der Waals surface area contributed by atoms with Gasteiger partial charge in [0.25, 0.3) is 11.8 Å². The summed E-state index contributed by atoms with van der Waals surface area (Å²) in [6, 6.07) is 18.3. The molecule has 3 aromatic rings. The molecule has 1 aromatic heterocycles. The van der Waals surface area contributed by atoms with Crippen molar-refractivity contribution in [3.8, 4) is 0 Å². The van der Waals surface area contributed by atoms with E-state index < -0.39 is 18.0 Å². The standard InChI is InChI=1S/C19H14N4O3/c24-18(15-10-11-20-26-15)23-17-19(25)21-14-9-5-4-8-13(14)16(22-17)12-6-2-1-3-7-12/h1-11,17H,(H,21,25)(H,23,24). The van der Waals surface area contributed by atoms with Crippen LogP contribution in [0.5, 0.6) is 0 Å². The summed E-state index contributed by atoms with van der Waals surface area (Å²) >= 11 is 0. The van der Waals surface area contributed by atoms with Crippen molar-refractivity contribution in [1.82, 2.24) is 10.5 Å². The van der Waals surface area contributed by atoms with E-state index >= 15 is 0 Å². The minimum absolute atomic E-state index is 0.0102. The lowest BCUT2D eigenvalue weighted by atomic mass is 10.0. The summed E-state index contributed by atoms with van der Waals surface area (Å²) in [6.07, 6.45) is 0.256. The van der Waals surface area contributed by atoms with Crippen molar-refractivity contribution < 1.29 is 14.1 Å². The number of fused-ring (bicyclic) bond motifs is 1. The van der Waals surface area contributed by atoms with E-state index in [0.29, 0.717) is 11.4 Å². The van der Waals surface area contributed by atoms with Gasteiger partial charge >= 0.3 is 0 Å². The maximum absolute atomic E-state index is 12.6. The van der Waals surface area contributed by atoms with Gasteiger partial charge in [-0.05, 0) is 6.07 Å². The normalized spacial score (nSPS) is 16.1. The highest BCUT2D eigenvalue weighted by atomic mass is 16.5. The predicted molar refractivity (Wildman–Crippen MR) is 94.9 cm³/mol. The van der Waals surface area contributed by atoms with Crippen LogP contribution in [0.25, 0.3) is 0 Å². The lowest BCUT2D eigenvalue weighted by molar-refractivity contribution is -0.117. The summed E-state index contributed by atoms with van der Waals surface area (Å²) in [6.45, 7) is 0. The average molecular weight is 346 g/mol. The summed E-state index contributed by atoms with van der Waals surface area (Å²) in [5.74, 6) is -0.989. The molecule has 0 spiro atoms. The fourth-order valence-corrected chi connectivity index (χ4v) is 2.71. The second-order valence-electron chi connectivity index (χ2n) is 5.63. The third-order valence-electron chi connectivity index (χ3n) is 3.92. The largest absolute Gasteiger partial charge is 0.351 e. The lowest BCUT2D eigenvalue weighted by Gasteiger charge is -2.12. The molecule has 0 saturated carbocycles. The number of aliphatic imine (C=N–C) groups is 1. The molecular weight excluding hydrogens is 332 g/mol. The Balaban J connectivity index is 1.76. The van der Waals surface area contributed by atoms with E-state index in [1.54, 1.807) is 6.07 Å². The molecule has 1 atom stereocenters. The number of para-hydroxylation sites is 1. The van der Waals surface area contributed by atoms with E-state index in [4.69, 9.17) is 4.52 Å². The number of rotatable bonds is 3. The highest BCUT2D eigenvalue weighted by Crippen LogP contribution is 2.23. The van der Waals surface area contributed by atoms with Crippen molar-refractivity contribution in [2.75, 3.05) is 5.32 Å². The Morgan fingerprint density at radius 1 is 1.04 bits per heavy atom. The summed E-state index contributed by atoms with van der Waals surface area (Å²) in [5, 5.41) is 8.88. The van der Waals surface area contributed by atoms with Crippen LogP contribution in [-0.2, 0) is 4.79 Å². The third-order valence-corrected chi connectivity index (χ3v) is 3.92. The van der Waals surface area contributed by atoms with E-state index in [2.05, 4.69) is 20.8 Å². The molecule has 0 saturated heterocycles. The number of anilines is 1. The minimum atomic E-state index is -1.10. The van der Waals surface area contributed by atoms with E-state index in [1.807, 2.05) is 48.5 Å². The van der Waals surface area contributed by atoms with Gasteiger partial charge in [-0.15, -0.1) is 0 Å². The van der Waals surface area contributed by atoms with Gasteiger partial charge in [-0.1, -0.05) is 53.7 Å². The number of hydrogen-bond donors (Lipinski definition) is 2. The molecule has 0 fully saturated rings. The monoisotopic (exact) mass is 346 g/mol. The molecule has 7 nitrogen and oxygen atoms in total. The molecule has 0 aliphatic carbocycles. The van der Waals surface area contributed by atoms with Gasteiger partial charge in [0.15, 0.2) is 0 Å². The van der Waals surface area contributed by atoms with Crippen LogP contribution >= 0.6 is 0 Å². The lowest BCUT2D eigenvalue weighted by Crippen LogP contribution is -2.42. The van der Waals surface area contributed by atoms with Gasteiger partial charge in [-0.3, -0.25) is 9.59 Å². The maximum Gasteiger partial charge on any atom is 0.291 e. The molecule has 26 heavy (non-hydrogen) atoms. The summed E-state index contributed by atoms with van der Waals surface area (Å²) < 4.78 is 4.83. The van der Waals surface area contributed by atoms with Crippen LogP contribution < -0.4 is 10.6 Å². The zero-order valence-electron chi connectivity index (χ0n) is 13.5. The highest BCUT2D eigenvalue weighted by Gasteiger charge is 2.27. The second-order valence-corrected chi connectivity index (χ2v) is 5.63. The quantitative estimate of drug-likeness (QED) is 0.760. The number of nitrogens with one attached hydrogen (secondary N) is 2. The number of aromatic nitrogens is 1. The third kappa shape index (κ3) is 2.98. The number of nitrogens with zero attached hydrogens (tertiary/aromatic N) is 2. The number of hydrogen-bond acceptors (Lipinski definition) is 5. The maximum atomic E-state index is 12.6. The van der Waals surface area contributed by atoms with Gasteiger partial charge < -0.3 is 15.2 Å². The first-order chi connectivity index (χ1) is 12.7. The van der Waals surface area contributed by atoms with Crippen LogP contribution in [0.4, 0.5) is 5.69 Å². The average Bonchev–Trinajstić information content (AvgIpc) is 3.17. The fraction of sp³-hybridized carbons (Fsp3) is 0.0526. The fourth-order valence-electron chi connectivity index (χ4n) is 2.71. The molecule has 7 heteroatoms. The Labute approximate surface area is 148 Å². The van der Waals surface area contributed by atoms with Crippen LogP contribution in [0.15, 0.2) is 76.4 Å². The van der Waals surface area contributed by atoms with Gasteiger partial charge in [0.1, 0.15) is 0 Å². The molecule has 1 aliphatic heterocycles. The Morgan fingerprint density at radius 2 is 1.81 bits per heavy atom. The van der Waals surface area contributed by atoms with Crippen LogP contribution in [-0.4, -0.2) is 28.8 Å². The van der Waals surface area contributed by atoms with Crippen LogP contribution in [0.2, 0.25) is 0 Å². The molecule has 0 radical (unpaired) electrons. The van der Waals surface area contributed by atoms with E-state index in [0.717, 1.165) is 11.1 Å². The van der Waals surface area contributed by atoms with Crippen molar-refractivity contribution in [2.24, 2.45) is 4.99 Å². The van der Waals surface area contributed by atoms with Gasteiger partial charge in [-0.25, -0.2) is 4.99 Å². The highest BCUT2D eigenvalue weighted by molar-refractivity contribution is 6.19. The Kier molecular flexibility index (Phi) is 4.03. The van der Waals surface area contributed by atoms with Crippen molar-refractivity contribution in [3.63, 3.8) is 0 Å². The number of amides is 2. The molecule has 1 unspecified atom stereocenters. The predicted octanol–water partition coefficient (Wildman–Crippen LogP) is 2.22. The van der Waals surface area contributed by atoms with Crippen molar-refractivity contribution in [1.29, 1.82) is 0 Å². The minimum Gasteiger partial charge on any atom is -0.351 e. The molecule has 2 N–H and O–H groups in total. The van der Waals surface area contributed by atoms with Crippen molar-refractivity contribution in [3.05, 3.63) is 83.7 Å². The molecular formula is C19H14N4O3. The van der Waals surface area contributed by atoms with E-state index in [-0.39, 0.29) is 5.76 Å². The first-order valence-corrected chi connectivity index (χ1v) is 7.97. The molecule has 4 rings (SSSR count). The second kappa shape index (κ2) is 6.64. The van der Waals surface area contributed by atoms with Crippen LogP contribution in [0, 0.1) is 0 Å². The van der Waals surface area contributed by atoms with E-state index in [9.17, 15) is 9.59 Å². The topological polar surface area (TPSA) is 96.6 Å². The molecule has 2 aromatic carbocycles. The SMILES string of the molecule is O=C(NC1N=C(c2ccccc2)c2ccccc2NC1=O)c1ccno1. The number of carbonyl (C=O) groups excluding carboxylic acids is 2. The van der Waals surface area contributed by atoms with E-state index in [1.165, 1.54) is 12.3 Å². The van der Waals surface area contributed by atoms with Gasteiger partial charge in [0.2, 0.25) is 11.9 Å². The van der Waals surface area contributed by atoms with Gasteiger partial charge in [-0.2, -0.15) is 0 Å². The Morgan fingerprint density at radius 3 is 2.58 bits per heavy atom. The zero-order chi connectivity index (χ0) is 17.9. The number of benzodiazepines with no additional fused rings is 1. The molecule has 2 amide bonds. The van der Waals surface area contributed by atoms with Crippen molar-refractivity contribution >= 4 is 23.2 Å². The summed E-state index contributed by atoms with van der Waals surface area (Å²) in [5.41, 5.74) is 2.87. The first-order valence-electron chi connectivity index (χ1n) is 7.97. The van der Waals surface area contributed by atoms with Gasteiger partial charge in [0, 0.05) is 17.2 Å². The first kappa shape index (κ1) is 15.8. The molecule has 128 valence electrons. The smallest absolute Gasteiger partial charge is 0.291 e. The summed E-state index contributed by atoms with van der Waals surface area (Å²) in [7, 11) is 0. The zero-order valence-corrected chi connectivity index (χ0v) is 13.5.